The molecule has 0 bridgehead atoms. The van der Waals surface area contributed by atoms with Crippen molar-refractivity contribution in [2.24, 2.45) is 0 Å². The minimum Gasteiger partial charge on any atom is -0.497 e. The zero-order valence-corrected chi connectivity index (χ0v) is 21.7. The van der Waals surface area contributed by atoms with Crippen LogP contribution in [0.1, 0.15) is 13.3 Å². The number of sulfonamides is 1. The number of methoxy groups -OCH3 is 1. The molecule has 1 amide bonds. The number of hydrogen-bond donors (Lipinski definition) is 0. The zero-order valence-electron chi connectivity index (χ0n) is 20.9. The SMILES string of the molecule is CCN(CC(=O)N1CCCN(c2ccc(-c3ccc(F)cc3)nn2)CC1)S(=O)(=O)c1ccc(OC)cc1. The highest BCUT2D eigenvalue weighted by atomic mass is 32.2. The average molecular weight is 528 g/mol. The maximum Gasteiger partial charge on any atom is 0.243 e. The number of nitrogens with zero attached hydrogens (tertiary/aromatic N) is 5. The van der Waals surface area contributed by atoms with Crippen LogP contribution in [0.15, 0.2) is 65.6 Å². The molecule has 0 spiro atoms. The van der Waals surface area contributed by atoms with Gasteiger partial charge in [-0.05, 0) is 67.1 Å². The second kappa shape index (κ2) is 11.7. The van der Waals surface area contributed by atoms with E-state index in [1.165, 1.54) is 35.7 Å². The molecule has 0 aliphatic carbocycles. The first kappa shape index (κ1) is 26.5. The number of carbonyl (C=O) groups excluding carboxylic acids is 1. The molecule has 1 aromatic heterocycles. The van der Waals surface area contributed by atoms with E-state index in [0.717, 1.165) is 5.56 Å². The Hall–Kier alpha value is -3.57. The molecule has 2 aromatic carbocycles. The first-order chi connectivity index (χ1) is 17.8. The summed E-state index contributed by atoms with van der Waals surface area (Å²) in [6, 6.07) is 15.9. The van der Waals surface area contributed by atoms with Crippen LogP contribution in [0.25, 0.3) is 11.3 Å². The summed E-state index contributed by atoms with van der Waals surface area (Å²) >= 11 is 0. The van der Waals surface area contributed by atoms with E-state index < -0.39 is 10.0 Å². The highest BCUT2D eigenvalue weighted by Gasteiger charge is 2.28. The van der Waals surface area contributed by atoms with Gasteiger partial charge in [0.05, 0.1) is 24.2 Å². The fourth-order valence-corrected chi connectivity index (χ4v) is 5.58. The minimum absolute atomic E-state index is 0.118. The number of amides is 1. The second-order valence-electron chi connectivity index (χ2n) is 8.61. The van der Waals surface area contributed by atoms with Crippen LogP contribution in [0.3, 0.4) is 0 Å². The van der Waals surface area contributed by atoms with Gasteiger partial charge in [0.15, 0.2) is 5.82 Å². The van der Waals surface area contributed by atoms with Gasteiger partial charge in [-0.25, -0.2) is 12.8 Å². The zero-order chi connectivity index (χ0) is 26.4. The number of halogens is 1. The molecule has 0 saturated carbocycles. The lowest BCUT2D eigenvalue weighted by atomic mass is 10.1. The Morgan fingerprint density at radius 3 is 2.32 bits per heavy atom. The maximum atomic E-state index is 13.2. The van der Waals surface area contributed by atoms with Gasteiger partial charge in [-0.2, -0.15) is 4.31 Å². The fraction of sp³-hybridized carbons (Fsp3) is 0.346. The number of hydrogen-bond acceptors (Lipinski definition) is 7. The van der Waals surface area contributed by atoms with E-state index in [2.05, 4.69) is 15.1 Å². The largest absolute Gasteiger partial charge is 0.497 e. The van der Waals surface area contributed by atoms with E-state index in [1.54, 1.807) is 36.1 Å². The quantitative estimate of drug-likeness (QED) is 0.444. The molecule has 1 saturated heterocycles. The molecular formula is C26H30FN5O4S. The van der Waals surface area contributed by atoms with E-state index in [0.29, 0.717) is 49.9 Å². The Balaban J connectivity index is 1.38. The van der Waals surface area contributed by atoms with Gasteiger partial charge in [0, 0.05) is 38.3 Å². The molecule has 196 valence electrons. The molecule has 3 aromatic rings. The van der Waals surface area contributed by atoms with Crippen molar-refractivity contribution in [1.29, 1.82) is 0 Å². The van der Waals surface area contributed by atoms with Crippen molar-refractivity contribution >= 4 is 21.7 Å². The predicted molar refractivity (Wildman–Crippen MR) is 138 cm³/mol. The molecule has 1 fully saturated rings. The lowest BCUT2D eigenvalue weighted by Gasteiger charge is -2.26. The number of aromatic nitrogens is 2. The van der Waals surface area contributed by atoms with Gasteiger partial charge in [-0.15, -0.1) is 10.2 Å². The molecule has 9 nitrogen and oxygen atoms in total. The van der Waals surface area contributed by atoms with Crippen molar-refractivity contribution in [3.63, 3.8) is 0 Å². The Kier molecular flexibility index (Phi) is 8.34. The smallest absolute Gasteiger partial charge is 0.243 e. The van der Waals surface area contributed by atoms with E-state index in [4.69, 9.17) is 4.74 Å². The van der Waals surface area contributed by atoms with Gasteiger partial charge < -0.3 is 14.5 Å². The molecule has 1 aliphatic heterocycles. The summed E-state index contributed by atoms with van der Waals surface area (Å²) in [6.07, 6.45) is 0.713. The first-order valence-electron chi connectivity index (χ1n) is 12.1. The highest BCUT2D eigenvalue weighted by Crippen LogP contribution is 2.21. The summed E-state index contributed by atoms with van der Waals surface area (Å²) in [4.78, 5) is 17.0. The molecular weight excluding hydrogens is 497 g/mol. The summed E-state index contributed by atoms with van der Waals surface area (Å²) in [5.74, 6) is 0.704. The third-order valence-electron chi connectivity index (χ3n) is 6.32. The number of likely N-dealkylation sites (N-methyl/N-ethyl adjacent to an activating group) is 1. The van der Waals surface area contributed by atoms with Crippen LogP contribution < -0.4 is 9.64 Å². The van der Waals surface area contributed by atoms with Crippen molar-refractivity contribution in [2.45, 2.75) is 18.2 Å². The van der Waals surface area contributed by atoms with Gasteiger partial charge in [-0.1, -0.05) is 6.92 Å². The van der Waals surface area contributed by atoms with Gasteiger partial charge in [0.2, 0.25) is 15.9 Å². The first-order valence-corrected chi connectivity index (χ1v) is 13.5. The number of benzene rings is 2. The fourth-order valence-electron chi connectivity index (χ4n) is 4.18. The predicted octanol–water partition coefficient (Wildman–Crippen LogP) is 3.04. The van der Waals surface area contributed by atoms with Crippen LogP contribution in [0.4, 0.5) is 10.2 Å². The maximum absolute atomic E-state index is 13.2. The van der Waals surface area contributed by atoms with Crippen molar-refractivity contribution in [2.75, 3.05) is 51.3 Å². The van der Waals surface area contributed by atoms with Gasteiger partial charge >= 0.3 is 0 Å². The number of ether oxygens (including phenoxy) is 1. The van der Waals surface area contributed by atoms with Gasteiger partial charge in [0.1, 0.15) is 11.6 Å². The van der Waals surface area contributed by atoms with Crippen LogP contribution in [0, 0.1) is 5.82 Å². The summed E-state index contributed by atoms with van der Waals surface area (Å²) in [5.41, 5.74) is 1.42. The van der Waals surface area contributed by atoms with Crippen LogP contribution in [0.2, 0.25) is 0 Å². The highest BCUT2D eigenvalue weighted by molar-refractivity contribution is 7.89. The summed E-state index contributed by atoms with van der Waals surface area (Å²) in [7, 11) is -2.31. The minimum atomic E-state index is -3.82. The molecule has 2 heterocycles. The second-order valence-corrected chi connectivity index (χ2v) is 10.5. The topological polar surface area (TPSA) is 95.9 Å². The van der Waals surface area contributed by atoms with Crippen molar-refractivity contribution in [1.82, 2.24) is 19.4 Å². The Labute approximate surface area is 216 Å². The van der Waals surface area contributed by atoms with E-state index in [1.807, 2.05) is 12.1 Å². The summed E-state index contributed by atoms with van der Waals surface area (Å²) in [6.45, 7) is 3.88. The number of carbonyl (C=O) groups is 1. The summed E-state index contributed by atoms with van der Waals surface area (Å²) < 4.78 is 45.7. The van der Waals surface area contributed by atoms with Crippen LogP contribution >= 0.6 is 0 Å². The van der Waals surface area contributed by atoms with E-state index >= 15 is 0 Å². The van der Waals surface area contributed by atoms with Crippen LogP contribution in [-0.2, 0) is 14.8 Å². The molecule has 4 rings (SSSR count). The molecule has 0 unspecified atom stereocenters. The third kappa shape index (κ3) is 6.23. The van der Waals surface area contributed by atoms with Crippen molar-refractivity contribution in [3.05, 3.63) is 66.5 Å². The monoisotopic (exact) mass is 527 g/mol. The Morgan fingerprint density at radius 1 is 0.973 bits per heavy atom. The van der Waals surface area contributed by atoms with Gasteiger partial charge in [-0.3, -0.25) is 4.79 Å². The Bertz CT molecular complexity index is 1300. The molecule has 1 aliphatic rings. The number of anilines is 1. The standard InChI is InChI=1S/C26H30FN5O4S/c1-3-32(37(34,35)23-11-9-22(36-2)10-12-23)19-26(33)31-16-4-15-30(17-18-31)25-14-13-24(28-29-25)20-5-7-21(27)8-6-20/h5-14H,3-4,15-19H2,1-2H3. The molecule has 37 heavy (non-hydrogen) atoms. The molecule has 11 heteroatoms. The molecule has 0 atom stereocenters. The van der Waals surface area contributed by atoms with Gasteiger partial charge in [0.25, 0.3) is 0 Å². The summed E-state index contributed by atoms with van der Waals surface area (Å²) in [5, 5.41) is 8.61. The third-order valence-corrected chi connectivity index (χ3v) is 8.26. The molecule has 0 N–H and O–H groups in total. The lowest BCUT2D eigenvalue weighted by Crippen LogP contribution is -2.44. The van der Waals surface area contributed by atoms with E-state index in [9.17, 15) is 17.6 Å². The molecule has 0 radical (unpaired) electrons. The van der Waals surface area contributed by atoms with Crippen molar-refractivity contribution < 1.29 is 22.3 Å². The lowest BCUT2D eigenvalue weighted by molar-refractivity contribution is -0.131. The van der Waals surface area contributed by atoms with Crippen LogP contribution in [0.5, 0.6) is 5.75 Å². The van der Waals surface area contributed by atoms with E-state index in [-0.39, 0.29) is 29.7 Å². The average Bonchev–Trinajstić information content (AvgIpc) is 3.18. The normalized spacial score (nSPS) is 14.5. The van der Waals surface area contributed by atoms with Crippen LogP contribution in [-0.4, -0.2) is 80.1 Å². The Morgan fingerprint density at radius 2 is 1.70 bits per heavy atom. The number of rotatable bonds is 8. The van der Waals surface area contributed by atoms with Crippen molar-refractivity contribution in [3.8, 4) is 17.0 Å².